The summed E-state index contributed by atoms with van der Waals surface area (Å²) in [5.41, 5.74) is 1.27. The van der Waals surface area contributed by atoms with Gasteiger partial charge in [-0.05, 0) is 30.5 Å². The molecule has 2 heteroatoms. The van der Waals surface area contributed by atoms with E-state index in [1.807, 2.05) is 18.2 Å². The molecule has 66 valence electrons. The zero-order chi connectivity index (χ0) is 8.97. The molecule has 0 N–H and O–H groups in total. The Morgan fingerprint density at radius 1 is 1.17 bits per heavy atom. The topological polar surface area (TPSA) is 0 Å². The third-order valence-corrected chi connectivity index (χ3v) is 2.54. The van der Waals surface area contributed by atoms with Crippen molar-refractivity contribution in [1.29, 1.82) is 0 Å². The van der Waals surface area contributed by atoms with E-state index in [9.17, 15) is 0 Å². The molecule has 0 nitrogen and oxygen atoms in total. The molecule has 0 unspecified atom stereocenters. The number of unbranched alkanes of at least 4 members (excludes halogenated alkanes) is 1. The predicted octanol–water partition coefficient (Wildman–Crippen LogP) is 4.34. The molecule has 1 rings (SSSR count). The molecule has 0 aliphatic carbocycles. The molecule has 0 spiro atoms. The van der Waals surface area contributed by atoms with E-state index in [0.29, 0.717) is 10.0 Å². The molecule has 0 heterocycles. The molecule has 1 aromatic carbocycles. The Hall–Kier alpha value is -0.200. The quantitative estimate of drug-likeness (QED) is 0.685. The first-order valence-electron chi connectivity index (χ1n) is 4.18. The van der Waals surface area contributed by atoms with Crippen molar-refractivity contribution in [2.45, 2.75) is 26.2 Å². The fourth-order valence-electron chi connectivity index (χ4n) is 1.08. The van der Waals surface area contributed by atoms with Crippen molar-refractivity contribution in [2.24, 2.45) is 0 Å². The van der Waals surface area contributed by atoms with E-state index in [0.717, 1.165) is 6.42 Å². The van der Waals surface area contributed by atoms with Crippen LogP contribution in [-0.4, -0.2) is 0 Å². The Balaban J connectivity index is 2.69. The SMILES string of the molecule is CCCCc1ccc(Cl)c(Cl)c1. The van der Waals surface area contributed by atoms with E-state index in [1.54, 1.807) is 0 Å². The number of hydrogen-bond donors (Lipinski definition) is 0. The van der Waals surface area contributed by atoms with Crippen molar-refractivity contribution in [1.82, 2.24) is 0 Å². The van der Waals surface area contributed by atoms with Crippen LogP contribution in [0, 0.1) is 0 Å². The first-order chi connectivity index (χ1) is 5.74. The zero-order valence-corrected chi connectivity index (χ0v) is 8.62. The molecule has 0 aliphatic heterocycles. The molecular weight excluding hydrogens is 191 g/mol. The third-order valence-electron chi connectivity index (χ3n) is 1.80. The molecule has 0 bridgehead atoms. The van der Waals surface area contributed by atoms with Gasteiger partial charge < -0.3 is 0 Å². The summed E-state index contributed by atoms with van der Waals surface area (Å²) >= 11 is 11.6. The van der Waals surface area contributed by atoms with Crippen LogP contribution in [0.5, 0.6) is 0 Å². The van der Waals surface area contributed by atoms with Gasteiger partial charge in [0, 0.05) is 0 Å². The summed E-state index contributed by atoms with van der Waals surface area (Å²) in [5, 5.41) is 1.29. The van der Waals surface area contributed by atoms with Crippen LogP contribution in [0.2, 0.25) is 10.0 Å². The molecule has 1 aromatic rings. The number of rotatable bonds is 3. The molecule has 0 aromatic heterocycles. The minimum Gasteiger partial charge on any atom is -0.0827 e. The highest BCUT2D eigenvalue weighted by Gasteiger charge is 1.98. The minimum absolute atomic E-state index is 0.636. The van der Waals surface area contributed by atoms with E-state index < -0.39 is 0 Å². The Morgan fingerprint density at radius 3 is 2.50 bits per heavy atom. The highest BCUT2D eigenvalue weighted by Crippen LogP contribution is 2.23. The first-order valence-corrected chi connectivity index (χ1v) is 4.93. The van der Waals surface area contributed by atoms with Gasteiger partial charge in [-0.3, -0.25) is 0 Å². The second kappa shape index (κ2) is 4.74. The lowest BCUT2D eigenvalue weighted by molar-refractivity contribution is 0.795. The largest absolute Gasteiger partial charge is 0.0827 e. The van der Waals surface area contributed by atoms with E-state index in [-0.39, 0.29) is 0 Å². The molecule has 12 heavy (non-hydrogen) atoms. The lowest BCUT2D eigenvalue weighted by atomic mass is 10.1. The molecule has 0 radical (unpaired) electrons. The average molecular weight is 203 g/mol. The van der Waals surface area contributed by atoms with Crippen molar-refractivity contribution in [3.05, 3.63) is 33.8 Å². The normalized spacial score (nSPS) is 10.2. The van der Waals surface area contributed by atoms with Gasteiger partial charge in [0.1, 0.15) is 0 Å². The van der Waals surface area contributed by atoms with Gasteiger partial charge in [0.2, 0.25) is 0 Å². The molecule has 0 amide bonds. The van der Waals surface area contributed by atoms with Gasteiger partial charge in [-0.2, -0.15) is 0 Å². The zero-order valence-electron chi connectivity index (χ0n) is 7.11. The van der Waals surface area contributed by atoms with Crippen LogP contribution in [0.4, 0.5) is 0 Å². The van der Waals surface area contributed by atoms with E-state index in [4.69, 9.17) is 23.2 Å². The monoisotopic (exact) mass is 202 g/mol. The highest BCUT2D eigenvalue weighted by molar-refractivity contribution is 6.41. The van der Waals surface area contributed by atoms with Gasteiger partial charge in [0.05, 0.1) is 10.0 Å². The van der Waals surface area contributed by atoms with Crippen LogP contribution in [0.25, 0.3) is 0 Å². The predicted molar refractivity (Wildman–Crippen MR) is 55.1 cm³/mol. The second-order valence-corrected chi connectivity index (χ2v) is 3.67. The lowest BCUT2D eigenvalue weighted by Gasteiger charge is -2.01. The number of benzene rings is 1. The van der Waals surface area contributed by atoms with Crippen LogP contribution < -0.4 is 0 Å². The smallest absolute Gasteiger partial charge is 0.0595 e. The van der Waals surface area contributed by atoms with Crippen molar-refractivity contribution in [2.75, 3.05) is 0 Å². The van der Waals surface area contributed by atoms with E-state index >= 15 is 0 Å². The summed E-state index contributed by atoms with van der Waals surface area (Å²) < 4.78 is 0. The van der Waals surface area contributed by atoms with Crippen LogP contribution in [0.1, 0.15) is 25.3 Å². The first kappa shape index (κ1) is 9.88. The van der Waals surface area contributed by atoms with Crippen LogP contribution in [0.15, 0.2) is 18.2 Å². The summed E-state index contributed by atoms with van der Waals surface area (Å²) in [6.07, 6.45) is 3.51. The Bertz CT molecular complexity index is 256. The minimum atomic E-state index is 0.636. The summed E-state index contributed by atoms with van der Waals surface area (Å²) in [4.78, 5) is 0. The average Bonchev–Trinajstić information content (AvgIpc) is 2.07. The Labute approximate surface area is 83.5 Å². The maximum atomic E-state index is 5.86. The van der Waals surface area contributed by atoms with Gasteiger partial charge in [-0.15, -0.1) is 0 Å². The van der Waals surface area contributed by atoms with Gasteiger partial charge in [-0.25, -0.2) is 0 Å². The molecule has 0 aliphatic rings. The highest BCUT2D eigenvalue weighted by atomic mass is 35.5. The standard InChI is InChI=1S/C10H12Cl2/c1-2-3-4-8-5-6-9(11)10(12)7-8/h5-7H,2-4H2,1H3. The Morgan fingerprint density at radius 2 is 1.92 bits per heavy atom. The van der Waals surface area contributed by atoms with Crippen LogP contribution in [-0.2, 0) is 6.42 Å². The van der Waals surface area contributed by atoms with Crippen LogP contribution >= 0.6 is 23.2 Å². The molecule has 0 fully saturated rings. The fraction of sp³-hybridized carbons (Fsp3) is 0.400. The fourth-order valence-corrected chi connectivity index (χ4v) is 1.40. The van der Waals surface area contributed by atoms with Crippen molar-refractivity contribution < 1.29 is 0 Å². The lowest BCUT2D eigenvalue weighted by Crippen LogP contribution is -1.83. The second-order valence-electron chi connectivity index (χ2n) is 2.85. The summed E-state index contributed by atoms with van der Waals surface area (Å²) in [7, 11) is 0. The number of aryl methyl sites for hydroxylation is 1. The summed E-state index contributed by atoms with van der Waals surface area (Å²) in [6, 6.07) is 5.83. The summed E-state index contributed by atoms with van der Waals surface area (Å²) in [6.45, 7) is 2.18. The van der Waals surface area contributed by atoms with E-state index in [2.05, 4.69) is 6.92 Å². The molecule has 0 saturated carbocycles. The molecule has 0 saturated heterocycles. The molecule has 0 atom stereocenters. The van der Waals surface area contributed by atoms with Crippen molar-refractivity contribution >= 4 is 23.2 Å². The third kappa shape index (κ3) is 2.69. The van der Waals surface area contributed by atoms with Gasteiger partial charge >= 0.3 is 0 Å². The van der Waals surface area contributed by atoms with Crippen molar-refractivity contribution in [3.8, 4) is 0 Å². The van der Waals surface area contributed by atoms with Gasteiger partial charge in [0.25, 0.3) is 0 Å². The van der Waals surface area contributed by atoms with Gasteiger partial charge in [0.15, 0.2) is 0 Å². The van der Waals surface area contributed by atoms with Crippen molar-refractivity contribution in [3.63, 3.8) is 0 Å². The maximum Gasteiger partial charge on any atom is 0.0595 e. The van der Waals surface area contributed by atoms with Gasteiger partial charge in [-0.1, -0.05) is 42.6 Å². The number of hydrogen-bond acceptors (Lipinski definition) is 0. The summed E-state index contributed by atoms with van der Waals surface area (Å²) in [5.74, 6) is 0. The van der Waals surface area contributed by atoms with Crippen LogP contribution in [0.3, 0.4) is 0 Å². The van der Waals surface area contributed by atoms with E-state index in [1.165, 1.54) is 18.4 Å². The number of halogens is 2. The maximum absolute atomic E-state index is 5.86. The Kier molecular flexibility index (Phi) is 3.90. The molecular formula is C10H12Cl2.